The van der Waals surface area contributed by atoms with Crippen LogP contribution in [0.4, 0.5) is 0 Å². The highest BCUT2D eigenvalue weighted by Crippen LogP contribution is 2.37. The van der Waals surface area contributed by atoms with Crippen LogP contribution in [0.1, 0.15) is 19.4 Å². The van der Waals surface area contributed by atoms with E-state index in [4.69, 9.17) is 9.47 Å². The second-order valence-electron chi connectivity index (χ2n) is 3.51. The second kappa shape index (κ2) is 6.39. The third-order valence-electron chi connectivity index (χ3n) is 2.20. The number of ether oxygens (including phenoxy) is 2. The molecule has 0 bridgehead atoms. The highest BCUT2D eigenvalue weighted by atomic mass is 79.9. The van der Waals surface area contributed by atoms with Crippen molar-refractivity contribution in [1.29, 1.82) is 0 Å². The minimum atomic E-state index is -0.432. The number of rotatable bonds is 5. The lowest BCUT2D eigenvalue weighted by Gasteiger charge is -2.11. The van der Waals surface area contributed by atoms with Crippen molar-refractivity contribution >= 4 is 22.0 Å². The molecule has 6 heteroatoms. The Labute approximate surface area is 114 Å². The predicted octanol–water partition coefficient (Wildman–Crippen LogP) is 3.49. The van der Waals surface area contributed by atoms with E-state index in [9.17, 15) is 10.1 Å². The van der Waals surface area contributed by atoms with Crippen LogP contribution in [0.2, 0.25) is 0 Å². The van der Waals surface area contributed by atoms with E-state index in [2.05, 4.69) is 15.9 Å². The van der Waals surface area contributed by atoms with Crippen LogP contribution >= 0.6 is 15.9 Å². The van der Waals surface area contributed by atoms with E-state index in [0.29, 0.717) is 28.1 Å². The van der Waals surface area contributed by atoms with Crippen molar-refractivity contribution < 1.29 is 14.4 Å². The van der Waals surface area contributed by atoms with Crippen molar-refractivity contribution in [2.45, 2.75) is 13.8 Å². The maximum Gasteiger partial charge on any atom is 0.243 e. The molecule has 18 heavy (non-hydrogen) atoms. The van der Waals surface area contributed by atoms with Crippen LogP contribution in [0.3, 0.4) is 0 Å². The van der Waals surface area contributed by atoms with E-state index in [1.165, 1.54) is 13.0 Å². The van der Waals surface area contributed by atoms with E-state index in [-0.39, 0.29) is 5.70 Å². The fourth-order valence-electron chi connectivity index (χ4n) is 1.43. The molecule has 0 radical (unpaired) electrons. The number of allylic oxidation sites excluding steroid dienone is 1. The van der Waals surface area contributed by atoms with Crippen molar-refractivity contribution in [3.8, 4) is 11.5 Å². The molecule has 0 amide bonds. The van der Waals surface area contributed by atoms with E-state index in [0.717, 1.165) is 0 Å². The normalized spacial score (nSPS) is 11.2. The van der Waals surface area contributed by atoms with Gasteiger partial charge in [0.15, 0.2) is 11.5 Å². The van der Waals surface area contributed by atoms with E-state index in [1.807, 2.05) is 6.92 Å². The molecule has 0 aliphatic carbocycles. The van der Waals surface area contributed by atoms with Crippen LogP contribution in [0, 0.1) is 10.1 Å². The van der Waals surface area contributed by atoms with Gasteiger partial charge in [-0.05, 0) is 40.5 Å². The summed E-state index contributed by atoms with van der Waals surface area (Å²) in [5.74, 6) is 1.13. The zero-order valence-electron chi connectivity index (χ0n) is 10.4. The Balaban J connectivity index is 3.24. The number of benzene rings is 1. The number of methoxy groups -OCH3 is 1. The van der Waals surface area contributed by atoms with Gasteiger partial charge in [0.05, 0.1) is 23.1 Å². The summed E-state index contributed by atoms with van der Waals surface area (Å²) in [7, 11) is 1.54. The average Bonchev–Trinajstić information content (AvgIpc) is 2.29. The van der Waals surface area contributed by atoms with Crippen LogP contribution in [0.25, 0.3) is 6.08 Å². The molecule has 0 atom stereocenters. The molecule has 0 spiro atoms. The van der Waals surface area contributed by atoms with Gasteiger partial charge in [-0.2, -0.15) is 0 Å². The third kappa shape index (κ3) is 3.46. The summed E-state index contributed by atoms with van der Waals surface area (Å²) in [4.78, 5) is 10.2. The topological polar surface area (TPSA) is 61.6 Å². The first kappa shape index (κ1) is 14.5. The Hall–Kier alpha value is -1.56. The molecule has 0 saturated carbocycles. The van der Waals surface area contributed by atoms with Crippen molar-refractivity contribution in [2.75, 3.05) is 13.7 Å². The Morgan fingerprint density at radius 1 is 1.56 bits per heavy atom. The summed E-state index contributed by atoms with van der Waals surface area (Å²) in [5.41, 5.74) is 0.745. The number of nitrogens with zero attached hydrogens (tertiary/aromatic N) is 1. The first-order valence-corrected chi connectivity index (χ1v) is 6.12. The van der Waals surface area contributed by atoms with Crippen LogP contribution in [-0.2, 0) is 0 Å². The van der Waals surface area contributed by atoms with Gasteiger partial charge in [-0.3, -0.25) is 10.1 Å². The van der Waals surface area contributed by atoms with Crippen LogP contribution < -0.4 is 9.47 Å². The van der Waals surface area contributed by atoms with Gasteiger partial charge < -0.3 is 9.47 Å². The summed E-state index contributed by atoms with van der Waals surface area (Å²) in [6, 6.07) is 3.45. The summed E-state index contributed by atoms with van der Waals surface area (Å²) in [6.45, 7) is 3.79. The van der Waals surface area contributed by atoms with Gasteiger partial charge >= 0.3 is 0 Å². The highest BCUT2D eigenvalue weighted by molar-refractivity contribution is 9.10. The molecule has 0 aliphatic heterocycles. The summed E-state index contributed by atoms with van der Waals surface area (Å²) in [6.07, 6.45) is 1.48. The number of hydrogen-bond acceptors (Lipinski definition) is 4. The summed E-state index contributed by atoms with van der Waals surface area (Å²) >= 11 is 3.35. The quantitative estimate of drug-likeness (QED) is 0.616. The molecule has 0 unspecified atom stereocenters. The van der Waals surface area contributed by atoms with Crippen molar-refractivity contribution in [3.63, 3.8) is 0 Å². The lowest BCUT2D eigenvalue weighted by molar-refractivity contribution is -0.422. The minimum absolute atomic E-state index is 0.0644. The van der Waals surface area contributed by atoms with E-state index >= 15 is 0 Å². The van der Waals surface area contributed by atoms with Gasteiger partial charge in [-0.1, -0.05) is 0 Å². The van der Waals surface area contributed by atoms with Crippen molar-refractivity contribution in [2.24, 2.45) is 0 Å². The number of hydrogen-bond donors (Lipinski definition) is 0. The molecule has 1 aromatic rings. The number of halogens is 1. The van der Waals surface area contributed by atoms with Crippen molar-refractivity contribution in [3.05, 3.63) is 38.0 Å². The molecule has 1 rings (SSSR count). The molecule has 0 fully saturated rings. The molecule has 1 aromatic carbocycles. The summed E-state index contributed by atoms with van der Waals surface area (Å²) < 4.78 is 11.3. The molecule has 0 aliphatic rings. The molecule has 5 nitrogen and oxygen atoms in total. The molecule has 0 N–H and O–H groups in total. The second-order valence-corrected chi connectivity index (χ2v) is 4.36. The smallest absolute Gasteiger partial charge is 0.243 e. The minimum Gasteiger partial charge on any atom is -0.492 e. The van der Waals surface area contributed by atoms with Crippen LogP contribution in [-0.4, -0.2) is 18.6 Å². The summed E-state index contributed by atoms with van der Waals surface area (Å²) in [5, 5.41) is 10.6. The Morgan fingerprint density at radius 2 is 2.22 bits per heavy atom. The van der Waals surface area contributed by atoms with Gasteiger partial charge in [-0.25, -0.2) is 0 Å². The molecule has 0 heterocycles. The number of nitro groups is 1. The van der Waals surface area contributed by atoms with E-state index in [1.54, 1.807) is 19.2 Å². The molecule has 0 aromatic heterocycles. The standard InChI is InChI=1S/C12H14BrNO4/c1-4-18-11-7-9(5-8(2)14(15)16)6-10(13)12(11)17-3/h5-7H,4H2,1-3H3. The lowest BCUT2D eigenvalue weighted by atomic mass is 10.1. The molecular weight excluding hydrogens is 302 g/mol. The first-order valence-electron chi connectivity index (χ1n) is 5.32. The van der Waals surface area contributed by atoms with Crippen molar-refractivity contribution in [1.82, 2.24) is 0 Å². The average molecular weight is 316 g/mol. The maximum atomic E-state index is 10.6. The van der Waals surface area contributed by atoms with E-state index < -0.39 is 4.92 Å². The van der Waals surface area contributed by atoms with Gasteiger partial charge in [0.25, 0.3) is 0 Å². The van der Waals surface area contributed by atoms with Crippen LogP contribution in [0.5, 0.6) is 11.5 Å². The van der Waals surface area contributed by atoms with Crippen LogP contribution in [0.15, 0.2) is 22.3 Å². The fourth-order valence-corrected chi connectivity index (χ4v) is 2.05. The predicted molar refractivity (Wildman–Crippen MR) is 72.5 cm³/mol. The molecular formula is C12H14BrNO4. The third-order valence-corrected chi connectivity index (χ3v) is 2.79. The van der Waals surface area contributed by atoms with Gasteiger partial charge in [0.1, 0.15) is 0 Å². The maximum absolute atomic E-state index is 10.6. The zero-order chi connectivity index (χ0) is 13.7. The fraction of sp³-hybridized carbons (Fsp3) is 0.333. The largest absolute Gasteiger partial charge is 0.492 e. The van der Waals surface area contributed by atoms with Gasteiger partial charge in [-0.15, -0.1) is 0 Å². The first-order chi connectivity index (χ1) is 8.49. The van der Waals surface area contributed by atoms with Gasteiger partial charge in [0.2, 0.25) is 5.70 Å². The SMILES string of the molecule is CCOc1cc(C=C(C)[N+](=O)[O-])cc(Br)c1OC. The zero-order valence-corrected chi connectivity index (χ0v) is 12.0. The lowest BCUT2D eigenvalue weighted by Crippen LogP contribution is -1.97. The Morgan fingerprint density at radius 3 is 2.72 bits per heavy atom. The monoisotopic (exact) mass is 315 g/mol. The highest BCUT2D eigenvalue weighted by Gasteiger charge is 2.11. The Bertz CT molecular complexity index is 485. The molecule has 0 saturated heterocycles. The molecule has 98 valence electrons. The van der Waals surface area contributed by atoms with Gasteiger partial charge in [0, 0.05) is 13.0 Å². The Kier molecular flexibility index (Phi) is 5.15.